The summed E-state index contributed by atoms with van der Waals surface area (Å²) in [6.07, 6.45) is 3.09. The van der Waals surface area contributed by atoms with Gasteiger partial charge in [-0.3, -0.25) is 19.9 Å². The quantitative estimate of drug-likeness (QED) is 0.504. The van der Waals surface area contributed by atoms with E-state index < -0.39 is 10.8 Å². The number of nitrogens with zero attached hydrogens (tertiary/aromatic N) is 1. The average molecular weight is 303 g/mol. The van der Waals surface area contributed by atoms with Gasteiger partial charge in [-0.15, -0.1) is 0 Å². The molecule has 0 aliphatic carbocycles. The lowest BCUT2D eigenvalue weighted by Crippen LogP contribution is -2.21. The maximum absolute atomic E-state index is 12.1. The lowest BCUT2D eigenvalue weighted by Gasteiger charge is -2.19. The molecule has 2 aromatic rings. The minimum atomic E-state index is -0.476. The monoisotopic (exact) mass is 303 g/mol. The summed E-state index contributed by atoms with van der Waals surface area (Å²) in [5.74, 6) is -0.188. The molecule has 2 N–H and O–H groups in total. The third kappa shape index (κ3) is 2.36. The SMILES string of the molecule is O=c1[nH]c(=S)[nH]c2c1C(c1cccc([N+](=O)[O-])c1)C=CO2. The average Bonchev–Trinajstić information content (AvgIpc) is 2.46. The number of allylic oxidation sites excluding steroid dienone is 1. The van der Waals surface area contributed by atoms with Crippen LogP contribution in [0.15, 0.2) is 41.4 Å². The first-order valence-corrected chi connectivity index (χ1v) is 6.41. The van der Waals surface area contributed by atoms with Gasteiger partial charge in [0.05, 0.1) is 16.7 Å². The first-order chi connectivity index (χ1) is 10.1. The van der Waals surface area contributed by atoms with Gasteiger partial charge in [0.2, 0.25) is 5.88 Å². The maximum atomic E-state index is 12.1. The van der Waals surface area contributed by atoms with Crippen LogP contribution in [-0.2, 0) is 0 Å². The molecule has 1 aromatic carbocycles. The van der Waals surface area contributed by atoms with Gasteiger partial charge in [0.15, 0.2) is 4.77 Å². The summed E-state index contributed by atoms with van der Waals surface area (Å²) in [6, 6.07) is 6.13. The highest BCUT2D eigenvalue weighted by Crippen LogP contribution is 2.33. The first-order valence-electron chi connectivity index (χ1n) is 6.00. The fourth-order valence-corrected chi connectivity index (χ4v) is 2.43. The van der Waals surface area contributed by atoms with Crippen molar-refractivity contribution in [3.8, 4) is 5.88 Å². The van der Waals surface area contributed by atoms with Gasteiger partial charge >= 0.3 is 0 Å². The third-order valence-electron chi connectivity index (χ3n) is 3.15. The highest BCUT2D eigenvalue weighted by atomic mass is 32.1. The normalized spacial score (nSPS) is 16.1. The van der Waals surface area contributed by atoms with Crippen LogP contribution in [0.3, 0.4) is 0 Å². The van der Waals surface area contributed by atoms with Crippen molar-refractivity contribution < 1.29 is 9.66 Å². The fourth-order valence-electron chi connectivity index (χ4n) is 2.24. The number of nitro benzene ring substituents is 1. The highest BCUT2D eigenvalue weighted by molar-refractivity contribution is 7.71. The molecule has 3 rings (SSSR count). The number of rotatable bonds is 2. The summed E-state index contributed by atoms with van der Waals surface area (Å²) < 4.78 is 5.42. The predicted octanol–water partition coefficient (Wildman–Crippen LogP) is 2.38. The number of aromatic amines is 2. The summed E-state index contributed by atoms with van der Waals surface area (Å²) in [6.45, 7) is 0. The molecule has 1 aliphatic heterocycles. The van der Waals surface area contributed by atoms with Gasteiger partial charge in [0.1, 0.15) is 0 Å². The Bertz CT molecular complexity index is 868. The van der Waals surface area contributed by atoms with Crippen molar-refractivity contribution in [2.75, 3.05) is 0 Å². The van der Waals surface area contributed by atoms with Crippen LogP contribution in [0.5, 0.6) is 5.88 Å². The van der Waals surface area contributed by atoms with Crippen LogP contribution in [0.4, 0.5) is 5.69 Å². The van der Waals surface area contributed by atoms with Crippen molar-refractivity contribution in [1.29, 1.82) is 0 Å². The number of benzene rings is 1. The van der Waals surface area contributed by atoms with E-state index in [9.17, 15) is 14.9 Å². The zero-order valence-electron chi connectivity index (χ0n) is 10.5. The molecule has 0 saturated carbocycles. The number of H-pyrrole nitrogens is 2. The van der Waals surface area contributed by atoms with E-state index in [1.165, 1.54) is 18.4 Å². The minimum Gasteiger partial charge on any atom is -0.448 e. The van der Waals surface area contributed by atoms with Crippen molar-refractivity contribution in [1.82, 2.24) is 9.97 Å². The molecule has 0 bridgehead atoms. The smallest absolute Gasteiger partial charge is 0.269 e. The summed E-state index contributed by atoms with van der Waals surface area (Å²) >= 11 is 4.89. The number of nitro groups is 1. The van der Waals surface area contributed by atoms with Gasteiger partial charge in [-0.2, -0.15) is 0 Å². The van der Waals surface area contributed by atoms with E-state index in [4.69, 9.17) is 17.0 Å². The summed E-state index contributed by atoms with van der Waals surface area (Å²) in [5, 5.41) is 10.9. The molecule has 1 atom stereocenters. The Balaban J connectivity index is 2.17. The number of fused-ring (bicyclic) bond motifs is 1. The molecule has 1 aliphatic rings. The van der Waals surface area contributed by atoms with Gasteiger partial charge < -0.3 is 9.72 Å². The maximum Gasteiger partial charge on any atom is 0.269 e. The lowest BCUT2D eigenvalue weighted by atomic mass is 9.91. The van der Waals surface area contributed by atoms with Crippen LogP contribution in [0.2, 0.25) is 0 Å². The number of ether oxygens (including phenoxy) is 1. The van der Waals surface area contributed by atoms with E-state index >= 15 is 0 Å². The van der Waals surface area contributed by atoms with Gasteiger partial charge in [-0.1, -0.05) is 12.1 Å². The number of non-ortho nitro benzene ring substituents is 1. The van der Waals surface area contributed by atoms with Gasteiger partial charge in [-0.05, 0) is 23.9 Å². The second-order valence-corrected chi connectivity index (χ2v) is 4.84. The van der Waals surface area contributed by atoms with Crippen LogP contribution >= 0.6 is 12.2 Å². The largest absolute Gasteiger partial charge is 0.448 e. The van der Waals surface area contributed by atoms with Crippen molar-refractivity contribution in [2.24, 2.45) is 0 Å². The molecule has 21 heavy (non-hydrogen) atoms. The van der Waals surface area contributed by atoms with Crippen molar-refractivity contribution in [3.05, 3.63) is 73.0 Å². The predicted molar refractivity (Wildman–Crippen MR) is 77.0 cm³/mol. The van der Waals surface area contributed by atoms with E-state index in [0.29, 0.717) is 11.1 Å². The van der Waals surface area contributed by atoms with Gasteiger partial charge in [0.25, 0.3) is 11.2 Å². The Labute approximate surface area is 123 Å². The van der Waals surface area contributed by atoms with Crippen molar-refractivity contribution in [2.45, 2.75) is 5.92 Å². The molecular weight excluding hydrogens is 294 g/mol. The fraction of sp³-hybridized carbons (Fsp3) is 0.0769. The standard InChI is InChI=1S/C13H9N3O4S/c17-11-10-9(4-5-20-12(10)15-13(21)14-11)7-2-1-3-8(6-7)16(18)19/h1-6,9H,(H2,14,15,17,21). The van der Waals surface area contributed by atoms with Crippen LogP contribution in [0.1, 0.15) is 17.0 Å². The molecule has 2 heterocycles. The molecular formula is C13H9N3O4S. The lowest BCUT2D eigenvalue weighted by molar-refractivity contribution is -0.384. The summed E-state index contributed by atoms with van der Waals surface area (Å²) in [4.78, 5) is 27.7. The minimum absolute atomic E-state index is 0.0331. The highest BCUT2D eigenvalue weighted by Gasteiger charge is 2.25. The molecule has 106 valence electrons. The topological polar surface area (TPSA) is 101 Å². The molecule has 7 nitrogen and oxygen atoms in total. The van der Waals surface area contributed by atoms with Crippen molar-refractivity contribution >= 4 is 17.9 Å². The molecule has 0 amide bonds. The molecule has 0 fully saturated rings. The molecule has 0 radical (unpaired) electrons. The molecule has 1 unspecified atom stereocenters. The summed E-state index contributed by atoms with van der Waals surface area (Å²) in [7, 11) is 0. The van der Waals surface area contributed by atoms with E-state index in [0.717, 1.165) is 0 Å². The Morgan fingerprint density at radius 3 is 2.90 bits per heavy atom. The Morgan fingerprint density at radius 1 is 1.33 bits per heavy atom. The second kappa shape index (κ2) is 4.98. The van der Waals surface area contributed by atoms with Crippen LogP contribution < -0.4 is 10.3 Å². The third-order valence-corrected chi connectivity index (χ3v) is 3.36. The summed E-state index contributed by atoms with van der Waals surface area (Å²) in [5.41, 5.74) is 0.552. The molecule has 0 saturated heterocycles. The second-order valence-electron chi connectivity index (χ2n) is 4.43. The number of aromatic nitrogens is 2. The Kier molecular flexibility index (Phi) is 3.15. The van der Waals surface area contributed by atoms with E-state index in [2.05, 4.69) is 9.97 Å². The molecule has 0 spiro atoms. The zero-order valence-corrected chi connectivity index (χ0v) is 11.3. The van der Waals surface area contributed by atoms with E-state index in [1.807, 2.05) is 0 Å². The molecule has 1 aromatic heterocycles. The van der Waals surface area contributed by atoms with Crippen LogP contribution in [0, 0.1) is 14.9 Å². The molecule has 8 heteroatoms. The van der Waals surface area contributed by atoms with E-state index in [-0.39, 0.29) is 21.9 Å². The number of hydrogen-bond donors (Lipinski definition) is 2. The van der Waals surface area contributed by atoms with Gasteiger partial charge in [0, 0.05) is 18.1 Å². The van der Waals surface area contributed by atoms with Gasteiger partial charge in [-0.25, -0.2) is 0 Å². The first kappa shape index (κ1) is 13.3. The van der Waals surface area contributed by atoms with Crippen LogP contribution in [0.25, 0.3) is 0 Å². The Morgan fingerprint density at radius 2 is 2.14 bits per heavy atom. The van der Waals surface area contributed by atoms with E-state index in [1.54, 1.807) is 18.2 Å². The van der Waals surface area contributed by atoms with Crippen LogP contribution in [-0.4, -0.2) is 14.9 Å². The Hall–Kier alpha value is -2.74. The zero-order chi connectivity index (χ0) is 15.0. The van der Waals surface area contributed by atoms with Crippen molar-refractivity contribution in [3.63, 3.8) is 0 Å². The number of hydrogen-bond acceptors (Lipinski definition) is 5. The number of nitrogens with one attached hydrogen (secondary N) is 2.